The van der Waals surface area contributed by atoms with Gasteiger partial charge in [0.15, 0.2) is 0 Å². The van der Waals surface area contributed by atoms with Crippen LogP contribution in [0.15, 0.2) is 29.2 Å². The molecule has 1 atom stereocenters. The molecule has 1 aromatic carbocycles. The minimum atomic E-state index is -3.72. The maximum absolute atomic E-state index is 13.3. The van der Waals surface area contributed by atoms with Gasteiger partial charge in [0.25, 0.3) is 0 Å². The summed E-state index contributed by atoms with van der Waals surface area (Å²) in [5, 5.41) is 3.64. The highest BCUT2D eigenvalue weighted by Crippen LogP contribution is 2.55. The zero-order valence-electron chi connectivity index (χ0n) is 17.4. The van der Waals surface area contributed by atoms with Crippen molar-refractivity contribution in [1.82, 2.24) is 9.62 Å². The summed E-state index contributed by atoms with van der Waals surface area (Å²) in [6.07, 6.45) is 10.1. The van der Waals surface area contributed by atoms with Gasteiger partial charge in [-0.1, -0.05) is 30.2 Å². The second kappa shape index (κ2) is 7.79. The fourth-order valence-corrected chi connectivity index (χ4v) is 9.29. The van der Waals surface area contributed by atoms with E-state index in [9.17, 15) is 13.2 Å². The molecule has 6 rings (SSSR count). The molecule has 4 aliphatic carbocycles. The summed E-state index contributed by atoms with van der Waals surface area (Å²) in [5.41, 5.74) is -0.0348. The van der Waals surface area contributed by atoms with E-state index in [0.29, 0.717) is 6.54 Å². The Morgan fingerprint density at radius 1 is 1.07 bits per heavy atom. The summed E-state index contributed by atoms with van der Waals surface area (Å²) < 4.78 is 28.2. The van der Waals surface area contributed by atoms with Crippen LogP contribution in [0.4, 0.5) is 0 Å². The van der Waals surface area contributed by atoms with Crippen molar-refractivity contribution in [3.63, 3.8) is 0 Å². The lowest BCUT2D eigenvalue weighted by Gasteiger charge is -2.57. The molecule has 0 radical (unpaired) electrons. The lowest BCUT2D eigenvalue weighted by molar-refractivity contribution is -0.127. The summed E-state index contributed by atoms with van der Waals surface area (Å²) in [6.45, 7) is 0.447. The molecule has 1 unspecified atom stereocenters. The predicted molar refractivity (Wildman–Crippen MR) is 117 cm³/mol. The van der Waals surface area contributed by atoms with Crippen LogP contribution in [0, 0.1) is 17.8 Å². The summed E-state index contributed by atoms with van der Waals surface area (Å²) in [7, 11) is -3.72. The topological polar surface area (TPSA) is 66.5 Å². The third-order valence-electron chi connectivity index (χ3n) is 7.86. The first kappa shape index (κ1) is 20.8. The van der Waals surface area contributed by atoms with Gasteiger partial charge in [-0.3, -0.25) is 4.79 Å². The van der Waals surface area contributed by atoms with Crippen LogP contribution < -0.4 is 5.32 Å². The zero-order chi connectivity index (χ0) is 20.9. The molecule has 1 heterocycles. The van der Waals surface area contributed by atoms with Crippen LogP contribution in [0.2, 0.25) is 5.02 Å². The highest BCUT2D eigenvalue weighted by molar-refractivity contribution is 7.89. The fraction of sp³-hybridized carbons (Fsp3) is 0.696. The molecule has 7 heteroatoms. The summed E-state index contributed by atoms with van der Waals surface area (Å²) in [6, 6.07) is 6.28. The molecule has 164 valence electrons. The van der Waals surface area contributed by atoms with Crippen LogP contribution in [0.5, 0.6) is 0 Å². The number of nitrogens with one attached hydrogen (secondary N) is 1. The highest BCUT2D eigenvalue weighted by atomic mass is 35.5. The number of halogens is 1. The van der Waals surface area contributed by atoms with Gasteiger partial charge in [-0.25, -0.2) is 8.42 Å². The first-order chi connectivity index (χ1) is 14.3. The molecule has 0 spiro atoms. The van der Waals surface area contributed by atoms with E-state index in [1.807, 2.05) is 0 Å². The van der Waals surface area contributed by atoms with Gasteiger partial charge in [0.05, 0.1) is 5.02 Å². The molecule has 4 bridgehead atoms. The molecular weight excluding hydrogens is 420 g/mol. The normalized spacial score (nSPS) is 36.0. The van der Waals surface area contributed by atoms with Crippen LogP contribution in [-0.4, -0.2) is 36.8 Å². The lowest BCUT2D eigenvalue weighted by Crippen LogP contribution is -2.60. The molecule has 4 saturated carbocycles. The Balaban J connectivity index is 1.31. The molecule has 1 aromatic rings. The van der Waals surface area contributed by atoms with Crippen molar-refractivity contribution in [2.24, 2.45) is 17.8 Å². The SMILES string of the molecule is O=C(CC1CCCCN1S(=O)(=O)c1ccccc1Cl)NC12CC3CC(CC(C3)C1)C2. The Kier molecular flexibility index (Phi) is 5.39. The van der Waals surface area contributed by atoms with E-state index in [2.05, 4.69) is 5.32 Å². The van der Waals surface area contributed by atoms with Crippen LogP contribution in [0.1, 0.15) is 64.2 Å². The van der Waals surface area contributed by atoms with Gasteiger partial charge in [0.2, 0.25) is 15.9 Å². The van der Waals surface area contributed by atoms with Crippen molar-refractivity contribution in [2.75, 3.05) is 6.54 Å². The summed E-state index contributed by atoms with van der Waals surface area (Å²) >= 11 is 6.20. The van der Waals surface area contributed by atoms with E-state index in [1.54, 1.807) is 24.3 Å². The number of hydrogen-bond acceptors (Lipinski definition) is 3. The Hall–Kier alpha value is -1.11. The van der Waals surface area contributed by atoms with E-state index < -0.39 is 10.0 Å². The number of hydrogen-bond donors (Lipinski definition) is 1. The van der Waals surface area contributed by atoms with Crippen LogP contribution >= 0.6 is 11.6 Å². The number of benzene rings is 1. The zero-order valence-corrected chi connectivity index (χ0v) is 18.9. The van der Waals surface area contributed by atoms with Crippen molar-refractivity contribution >= 4 is 27.5 Å². The largest absolute Gasteiger partial charge is 0.351 e. The molecule has 0 aromatic heterocycles. The average Bonchev–Trinajstić information content (AvgIpc) is 2.67. The van der Waals surface area contributed by atoms with Gasteiger partial charge in [0, 0.05) is 24.5 Å². The first-order valence-electron chi connectivity index (χ1n) is 11.4. The minimum Gasteiger partial charge on any atom is -0.351 e. The number of amides is 1. The fourth-order valence-electron chi connectivity index (χ4n) is 7.10. The smallest absolute Gasteiger partial charge is 0.244 e. The van der Waals surface area contributed by atoms with Gasteiger partial charge < -0.3 is 5.32 Å². The Morgan fingerprint density at radius 3 is 2.33 bits per heavy atom. The van der Waals surface area contributed by atoms with E-state index in [1.165, 1.54) is 23.6 Å². The molecule has 5 aliphatic rings. The number of rotatable bonds is 5. The van der Waals surface area contributed by atoms with Gasteiger partial charge in [-0.05, 0) is 81.3 Å². The van der Waals surface area contributed by atoms with Crippen LogP contribution in [0.3, 0.4) is 0 Å². The number of carbonyl (C=O) groups is 1. The van der Waals surface area contributed by atoms with Gasteiger partial charge in [-0.15, -0.1) is 0 Å². The maximum Gasteiger partial charge on any atom is 0.244 e. The predicted octanol–water partition coefficient (Wildman–Crippen LogP) is 4.36. The number of carbonyl (C=O) groups excluding carboxylic acids is 1. The average molecular weight is 451 g/mol. The number of piperidine rings is 1. The molecule has 5 nitrogen and oxygen atoms in total. The van der Waals surface area contributed by atoms with Crippen LogP contribution in [-0.2, 0) is 14.8 Å². The summed E-state index contributed by atoms with van der Waals surface area (Å²) in [4.78, 5) is 13.3. The third-order valence-corrected chi connectivity index (χ3v) is 10.3. The Labute approximate surface area is 184 Å². The minimum absolute atomic E-state index is 0.0169. The van der Waals surface area contributed by atoms with E-state index in [0.717, 1.165) is 56.3 Å². The lowest BCUT2D eigenvalue weighted by atomic mass is 9.53. The molecule has 1 saturated heterocycles. The molecule has 30 heavy (non-hydrogen) atoms. The molecule has 1 N–H and O–H groups in total. The molecular formula is C23H31ClN2O3S. The Morgan fingerprint density at radius 2 is 1.70 bits per heavy atom. The maximum atomic E-state index is 13.3. The van der Waals surface area contributed by atoms with E-state index >= 15 is 0 Å². The van der Waals surface area contributed by atoms with Crippen molar-refractivity contribution < 1.29 is 13.2 Å². The van der Waals surface area contributed by atoms with Gasteiger partial charge in [-0.2, -0.15) is 4.31 Å². The second-order valence-corrected chi connectivity index (χ2v) is 12.4. The van der Waals surface area contributed by atoms with Gasteiger partial charge >= 0.3 is 0 Å². The van der Waals surface area contributed by atoms with Crippen molar-refractivity contribution in [3.05, 3.63) is 29.3 Å². The standard InChI is InChI=1S/C23H31ClN2O3S/c24-20-6-1-2-7-21(20)30(28,29)26-8-4-3-5-19(26)12-22(27)25-23-13-16-9-17(14-23)11-18(10-16)15-23/h1-2,6-7,16-19H,3-5,8-15H2,(H,25,27). The van der Waals surface area contributed by atoms with Crippen molar-refractivity contribution in [3.8, 4) is 0 Å². The van der Waals surface area contributed by atoms with Crippen molar-refractivity contribution in [1.29, 1.82) is 0 Å². The Bertz CT molecular complexity index is 897. The third kappa shape index (κ3) is 3.80. The van der Waals surface area contributed by atoms with Gasteiger partial charge in [0.1, 0.15) is 4.90 Å². The number of nitrogens with zero attached hydrogens (tertiary/aromatic N) is 1. The van der Waals surface area contributed by atoms with Crippen LogP contribution in [0.25, 0.3) is 0 Å². The number of sulfonamides is 1. The quantitative estimate of drug-likeness (QED) is 0.724. The molecule has 1 amide bonds. The van der Waals surface area contributed by atoms with E-state index in [4.69, 9.17) is 11.6 Å². The molecule has 1 aliphatic heterocycles. The molecule has 5 fully saturated rings. The monoisotopic (exact) mass is 450 g/mol. The van der Waals surface area contributed by atoms with Crippen molar-refractivity contribution in [2.45, 2.75) is 80.7 Å². The summed E-state index contributed by atoms with van der Waals surface area (Å²) in [5.74, 6) is 2.32. The van der Waals surface area contributed by atoms with E-state index in [-0.39, 0.29) is 33.8 Å². The highest BCUT2D eigenvalue weighted by Gasteiger charge is 2.51. The first-order valence-corrected chi connectivity index (χ1v) is 13.2. The second-order valence-electron chi connectivity index (χ2n) is 10.1.